The van der Waals surface area contributed by atoms with Gasteiger partial charge in [-0.05, 0) is 44.5 Å². The van der Waals surface area contributed by atoms with Gasteiger partial charge in [0.25, 0.3) is 11.5 Å². The van der Waals surface area contributed by atoms with Crippen molar-refractivity contribution < 1.29 is 4.79 Å². The van der Waals surface area contributed by atoms with Crippen LogP contribution in [0.5, 0.6) is 0 Å². The summed E-state index contributed by atoms with van der Waals surface area (Å²) in [6.45, 7) is 6.92. The molecule has 1 N–H and O–H groups in total. The maximum Gasteiger partial charge on any atom is 0.272 e. The Kier molecular flexibility index (Phi) is 3.96. The number of carbonyl (C=O) groups is 1. The number of anilines is 2. The average molecular weight is 404 g/mol. The highest BCUT2D eigenvalue weighted by Gasteiger charge is 2.29. The summed E-state index contributed by atoms with van der Waals surface area (Å²) in [6.07, 6.45) is 0. The van der Waals surface area contributed by atoms with Crippen molar-refractivity contribution >= 4 is 34.2 Å². The molecule has 2 aliphatic rings. The van der Waals surface area contributed by atoms with E-state index in [-0.39, 0.29) is 11.5 Å². The summed E-state index contributed by atoms with van der Waals surface area (Å²) in [5, 5.41) is 2.93. The van der Waals surface area contributed by atoms with E-state index in [2.05, 4.69) is 10.3 Å². The second-order valence-corrected chi connectivity index (χ2v) is 8.57. The number of hydrogen-bond acceptors (Lipinski definition) is 5. The van der Waals surface area contributed by atoms with E-state index in [9.17, 15) is 9.59 Å². The van der Waals surface area contributed by atoms with E-state index in [0.29, 0.717) is 28.2 Å². The van der Waals surface area contributed by atoms with Crippen LogP contribution in [-0.2, 0) is 11.5 Å². The maximum absolute atomic E-state index is 13.2. The van der Waals surface area contributed by atoms with Crippen LogP contribution in [0.25, 0.3) is 5.57 Å². The van der Waals surface area contributed by atoms with E-state index in [4.69, 9.17) is 0 Å². The van der Waals surface area contributed by atoms with E-state index < -0.39 is 0 Å². The van der Waals surface area contributed by atoms with Gasteiger partial charge in [0, 0.05) is 11.3 Å². The van der Waals surface area contributed by atoms with Gasteiger partial charge in [0.15, 0.2) is 4.80 Å². The fraction of sp³-hybridized carbons (Fsp3) is 0.227. The molecule has 0 atom stereocenters. The van der Waals surface area contributed by atoms with E-state index in [0.717, 1.165) is 28.1 Å². The zero-order valence-corrected chi connectivity index (χ0v) is 17.3. The summed E-state index contributed by atoms with van der Waals surface area (Å²) in [4.78, 5) is 33.3. The largest absolute Gasteiger partial charge is 0.334 e. The van der Waals surface area contributed by atoms with Gasteiger partial charge < -0.3 is 10.2 Å². The summed E-state index contributed by atoms with van der Waals surface area (Å²) in [7, 11) is 0. The van der Waals surface area contributed by atoms with Gasteiger partial charge in [-0.25, -0.2) is 4.99 Å². The Morgan fingerprint density at radius 3 is 2.55 bits per heavy atom. The second kappa shape index (κ2) is 6.42. The zero-order chi connectivity index (χ0) is 20.3. The molecule has 0 fully saturated rings. The number of aryl methyl sites for hydroxylation is 3. The Bertz CT molecular complexity index is 1350. The molecule has 0 spiro atoms. The lowest BCUT2D eigenvalue weighted by atomic mass is 10.0. The Labute approximate surface area is 171 Å². The topological polar surface area (TPSA) is 66.7 Å². The van der Waals surface area contributed by atoms with Crippen molar-refractivity contribution in [1.29, 1.82) is 0 Å². The normalized spacial score (nSPS) is 16.9. The number of rotatable bonds is 1. The monoisotopic (exact) mass is 404 g/mol. The van der Waals surface area contributed by atoms with Crippen LogP contribution in [0.3, 0.4) is 0 Å². The maximum atomic E-state index is 13.2. The molecule has 7 heteroatoms. The van der Waals surface area contributed by atoms with Crippen molar-refractivity contribution in [1.82, 2.24) is 4.57 Å². The minimum atomic E-state index is -0.222. The third kappa shape index (κ3) is 2.81. The highest BCUT2D eigenvalue weighted by atomic mass is 32.1. The molecule has 0 radical (unpaired) electrons. The SMILES string of the molecule is Cc1ccc(N2CN=c3sc(=C4C(=O)Nc5c(C)cc(C)cc54)c(=O)n3C2)cc1. The number of nitrogens with zero attached hydrogens (tertiary/aromatic N) is 3. The Morgan fingerprint density at radius 1 is 1.03 bits per heavy atom. The van der Waals surface area contributed by atoms with Crippen LogP contribution in [0.1, 0.15) is 22.3 Å². The number of hydrogen-bond donors (Lipinski definition) is 1. The van der Waals surface area contributed by atoms with Gasteiger partial charge in [-0.1, -0.05) is 40.7 Å². The number of benzene rings is 2. The van der Waals surface area contributed by atoms with Gasteiger partial charge in [-0.3, -0.25) is 14.2 Å². The van der Waals surface area contributed by atoms with Crippen LogP contribution in [-0.4, -0.2) is 17.1 Å². The van der Waals surface area contributed by atoms with Gasteiger partial charge in [0.05, 0.1) is 11.3 Å². The van der Waals surface area contributed by atoms with Crippen LogP contribution in [0.15, 0.2) is 46.2 Å². The van der Waals surface area contributed by atoms with Crippen LogP contribution < -0.4 is 25.1 Å². The molecule has 3 heterocycles. The molecule has 0 unspecified atom stereocenters. The third-order valence-electron chi connectivity index (χ3n) is 5.39. The first-order valence-corrected chi connectivity index (χ1v) is 10.3. The number of nitrogens with one attached hydrogen (secondary N) is 1. The van der Waals surface area contributed by atoms with Gasteiger partial charge in [-0.2, -0.15) is 0 Å². The highest BCUT2D eigenvalue weighted by molar-refractivity contribution is 7.07. The first-order chi connectivity index (χ1) is 13.9. The summed E-state index contributed by atoms with van der Waals surface area (Å²) in [5.41, 5.74) is 6.16. The molecule has 6 nitrogen and oxygen atoms in total. The van der Waals surface area contributed by atoms with Crippen molar-refractivity contribution in [3.05, 3.63) is 78.3 Å². The number of carbonyl (C=O) groups excluding carboxylic acids is 1. The first-order valence-electron chi connectivity index (χ1n) is 9.45. The van der Waals surface area contributed by atoms with Crippen LogP contribution in [0.2, 0.25) is 0 Å². The first kappa shape index (κ1) is 17.9. The predicted molar refractivity (Wildman–Crippen MR) is 115 cm³/mol. The highest BCUT2D eigenvalue weighted by Crippen LogP contribution is 2.33. The van der Waals surface area contributed by atoms with Crippen molar-refractivity contribution in [2.24, 2.45) is 4.99 Å². The summed E-state index contributed by atoms with van der Waals surface area (Å²) < 4.78 is 2.11. The third-order valence-corrected chi connectivity index (χ3v) is 6.51. The molecule has 0 saturated heterocycles. The number of aromatic nitrogens is 1. The minimum Gasteiger partial charge on any atom is -0.334 e. The fourth-order valence-electron chi connectivity index (χ4n) is 3.93. The number of fused-ring (bicyclic) bond motifs is 2. The van der Waals surface area contributed by atoms with Gasteiger partial charge >= 0.3 is 0 Å². The molecule has 2 aromatic carbocycles. The van der Waals surface area contributed by atoms with Crippen molar-refractivity contribution in [2.45, 2.75) is 27.4 Å². The van der Waals surface area contributed by atoms with Crippen molar-refractivity contribution in [3.8, 4) is 0 Å². The lowest BCUT2D eigenvalue weighted by Gasteiger charge is -2.25. The number of amides is 1. The molecule has 0 aliphatic carbocycles. The molecule has 0 saturated carbocycles. The Balaban J connectivity index is 1.66. The molecular formula is C22H20N4O2S. The lowest BCUT2D eigenvalue weighted by Crippen LogP contribution is -2.43. The Morgan fingerprint density at radius 2 is 1.79 bits per heavy atom. The predicted octanol–water partition coefficient (Wildman–Crippen LogP) is 2.04. The van der Waals surface area contributed by atoms with Gasteiger partial charge in [0.1, 0.15) is 17.9 Å². The molecule has 1 amide bonds. The van der Waals surface area contributed by atoms with E-state index in [1.165, 1.54) is 16.9 Å². The minimum absolute atomic E-state index is 0.164. The number of thiazole rings is 1. The molecule has 0 bridgehead atoms. The van der Waals surface area contributed by atoms with E-state index in [1.54, 1.807) is 4.57 Å². The van der Waals surface area contributed by atoms with Gasteiger partial charge in [0.2, 0.25) is 0 Å². The molecule has 1 aromatic heterocycles. The van der Waals surface area contributed by atoms with Crippen LogP contribution in [0.4, 0.5) is 11.4 Å². The van der Waals surface area contributed by atoms with E-state index >= 15 is 0 Å². The molecule has 3 aromatic rings. The quantitative estimate of drug-likeness (QED) is 0.675. The average Bonchev–Trinajstić information content (AvgIpc) is 3.18. The Hall–Kier alpha value is -3.19. The van der Waals surface area contributed by atoms with E-state index in [1.807, 2.05) is 62.1 Å². The summed E-state index contributed by atoms with van der Waals surface area (Å²) >= 11 is 1.30. The summed E-state index contributed by atoms with van der Waals surface area (Å²) in [5.74, 6) is -0.222. The lowest BCUT2D eigenvalue weighted by molar-refractivity contribution is -0.110. The molecule has 2 aliphatic heterocycles. The molecule has 146 valence electrons. The molecule has 29 heavy (non-hydrogen) atoms. The van der Waals surface area contributed by atoms with Crippen LogP contribution in [0, 0.1) is 20.8 Å². The van der Waals surface area contributed by atoms with Crippen LogP contribution >= 0.6 is 11.3 Å². The van der Waals surface area contributed by atoms with Crippen molar-refractivity contribution in [3.63, 3.8) is 0 Å². The standard InChI is InChI=1S/C22H20N4O2S/c1-12-4-6-15(7-5-12)25-10-23-22-26(11-25)21(28)19(29-22)17-16-9-13(2)8-14(3)18(16)24-20(17)27/h4-9H,10-11H2,1-3H3,(H,24,27). The molecular weight excluding hydrogens is 384 g/mol. The molecule has 5 rings (SSSR count). The zero-order valence-electron chi connectivity index (χ0n) is 16.4. The smallest absolute Gasteiger partial charge is 0.272 e. The fourth-order valence-corrected chi connectivity index (χ4v) is 4.99. The van der Waals surface area contributed by atoms with Crippen molar-refractivity contribution in [2.75, 3.05) is 16.9 Å². The summed E-state index contributed by atoms with van der Waals surface area (Å²) in [6, 6.07) is 12.2. The van der Waals surface area contributed by atoms with Gasteiger partial charge in [-0.15, -0.1) is 0 Å². The second-order valence-electron chi connectivity index (χ2n) is 7.60.